The van der Waals surface area contributed by atoms with E-state index in [9.17, 15) is 9.59 Å². The summed E-state index contributed by atoms with van der Waals surface area (Å²) in [5.41, 5.74) is 3.75. The van der Waals surface area contributed by atoms with Crippen LogP contribution in [0.2, 0.25) is 0 Å². The molecule has 2 amide bonds. The number of nitrogens with one attached hydrogen (secondary N) is 2. The average Bonchev–Trinajstić information content (AvgIpc) is 3.34. The molecule has 0 saturated carbocycles. The molecule has 1 aromatic carbocycles. The minimum atomic E-state index is -0.172. The normalized spacial score (nSPS) is 15.3. The van der Waals surface area contributed by atoms with Gasteiger partial charge in [0.15, 0.2) is 0 Å². The number of aromatic nitrogens is 4. The molecule has 0 fully saturated rings. The molecule has 0 spiro atoms. The third-order valence-electron chi connectivity index (χ3n) is 4.89. The van der Waals surface area contributed by atoms with Crippen molar-refractivity contribution in [3.05, 3.63) is 70.8 Å². The molecule has 0 bridgehead atoms. The third kappa shape index (κ3) is 3.53. The van der Waals surface area contributed by atoms with Crippen LogP contribution in [0.1, 0.15) is 37.8 Å². The molecule has 8 nitrogen and oxygen atoms in total. The molecule has 8 heteroatoms. The van der Waals surface area contributed by atoms with E-state index in [1.165, 1.54) is 0 Å². The first-order valence-corrected chi connectivity index (χ1v) is 9.19. The molecule has 2 N–H and O–H groups in total. The van der Waals surface area contributed by atoms with Crippen molar-refractivity contribution >= 4 is 11.8 Å². The number of carbonyl (C=O) groups is 2. The second-order valence-corrected chi connectivity index (χ2v) is 7.02. The lowest BCUT2D eigenvalue weighted by Gasteiger charge is -2.11. The third-order valence-corrected chi connectivity index (χ3v) is 4.89. The number of aryl methyl sites for hydroxylation is 2. The Kier molecular flexibility index (Phi) is 4.68. The molecule has 1 aliphatic rings. The molecule has 144 valence electrons. The highest BCUT2D eigenvalue weighted by Crippen LogP contribution is 2.19. The van der Waals surface area contributed by atoms with Gasteiger partial charge in [-0.15, -0.1) is 0 Å². The van der Waals surface area contributed by atoms with Crippen LogP contribution in [0.4, 0.5) is 0 Å². The summed E-state index contributed by atoms with van der Waals surface area (Å²) >= 11 is 0. The van der Waals surface area contributed by atoms with Gasteiger partial charge in [-0.1, -0.05) is 30.3 Å². The van der Waals surface area contributed by atoms with Gasteiger partial charge in [0.25, 0.3) is 11.8 Å². The number of carbonyl (C=O) groups excluding carboxylic acids is 2. The van der Waals surface area contributed by atoms with Crippen LogP contribution in [-0.4, -0.2) is 37.4 Å². The molecule has 1 unspecified atom stereocenters. The van der Waals surface area contributed by atoms with E-state index in [2.05, 4.69) is 20.8 Å². The SMILES string of the molecule is Cc1cc(C(=O)NC2Cc3c(C(=O)NCc4ccccc4)cnn3C2)n(C)n1. The van der Waals surface area contributed by atoms with Gasteiger partial charge in [0.2, 0.25) is 0 Å². The van der Waals surface area contributed by atoms with Crippen LogP contribution in [0.3, 0.4) is 0 Å². The van der Waals surface area contributed by atoms with Gasteiger partial charge in [-0.25, -0.2) is 0 Å². The van der Waals surface area contributed by atoms with Gasteiger partial charge in [-0.3, -0.25) is 19.0 Å². The molecule has 1 aliphatic heterocycles. The van der Waals surface area contributed by atoms with Gasteiger partial charge in [-0.2, -0.15) is 10.2 Å². The summed E-state index contributed by atoms with van der Waals surface area (Å²) in [6, 6.07) is 11.4. The van der Waals surface area contributed by atoms with Gasteiger partial charge in [-0.05, 0) is 18.6 Å². The molecule has 0 radical (unpaired) electrons. The van der Waals surface area contributed by atoms with Crippen LogP contribution in [0.25, 0.3) is 0 Å². The first-order valence-electron chi connectivity index (χ1n) is 9.19. The second kappa shape index (κ2) is 7.30. The van der Waals surface area contributed by atoms with E-state index in [1.54, 1.807) is 28.7 Å². The van der Waals surface area contributed by atoms with E-state index >= 15 is 0 Å². The molecule has 28 heavy (non-hydrogen) atoms. The molecular weight excluding hydrogens is 356 g/mol. The maximum absolute atomic E-state index is 12.6. The van der Waals surface area contributed by atoms with Gasteiger partial charge in [0.1, 0.15) is 5.69 Å². The largest absolute Gasteiger partial charge is 0.348 e. The average molecular weight is 378 g/mol. The standard InChI is InChI=1S/C20H22N6O2/c1-13-8-18(25(2)24-13)20(28)23-15-9-17-16(11-22-26(17)12-15)19(27)21-10-14-6-4-3-5-7-14/h3-8,11,15H,9-10,12H2,1-2H3,(H,21,27)(H,23,28). The quantitative estimate of drug-likeness (QED) is 0.698. The fourth-order valence-electron chi connectivity index (χ4n) is 3.53. The zero-order valence-corrected chi connectivity index (χ0v) is 15.8. The molecule has 3 heterocycles. The lowest BCUT2D eigenvalue weighted by atomic mass is 10.1. The first-order chi connectivity index (χ1) is 13.5. The Labute approximate surface area is 162 Å². The van der Waals surface area contributed by atoms with Crippen molar-refractivity contribution in [3.63, 3.8) is 0 Å². The van der Waals surface area contributed by atoms with E-state index in [4.69, 9.17) is 0 Å². The van der Waals surface area contributed by atoms with Gasteiger partial charge < -0.3 is 10.6 Å². The topological polar surface area (TPSA) is 93.8 Å². The maximum Gasteiger partial charge on any atom is 0.269 e. The van der Waals surface area contributed by atoms with E-state index < -0.39 is 0 Å². The van der Waals surface area contributed by atoms with Crippen molar-refractivity contribution in [2.45, 2.75) is 32.5 Å². The first kappa shape index (κ1) is 18.0. The molecule has 0 aliphatic carbocycles. The van der Waals surface area contributed by atoms with Crippen LogP contribution in [0, 0.1) is 6.92 Å². The molecule has 0 saturated heterocycles. The Morgan fingerprint density at radius 3 is 2.71 bits per heavy atom. The van der Waals surface area contributed by atoms with Crippen molar-refractivity contribution in [2.24, 2.45) is 7.05 Å². The summed E-state index contributed by atoms with van der Waals surface area (Å²) in [6.45, 7) is 2.86. The summed E-state index contributed by atoms with van der Waals surface area (Å²) in [5, 5.41) is 14.5. The van der Waals surface area contributed by atoms with Crippen LogP contribution < -0.4 is 10.6 Å². The Balaban J connectivity index is 1.39. The summed E-state index contributed by atoms with van der Waals surface area (Å²) in [6.07, 6.45) is 2.16. The van der Waals surface area contributed by atoms with Crippen molar-refractivity contribution in [1.29, 1.82) is 0 Å². The zero-order valence-electron chi connectivity index (χ0n) is 15.8. The lowest BCUT2D eigenvalue weighted by molar-refractivity contribution is 0.0925. The van der Waals surface area contributed by atoms with Crippen molar-refractivity contribution < 1.29 is 9.59 Å². The minimum absolute atomic E-state index is 0.105. The Morgan fingerprint density at radius 2 is 2.00 bits per heavy atom. The number of benzene rings is 1. The lowest BCUT2D eigenvalue weighted by Crippen LogP contribution is -2.37. The Hall–Kier alpha value is -3.42. The predicted molar refractivity (Wildman–Crippen MR) is 103 cm³/mol. The molecular formula is C20H22N6O2. The fraction of sp³-hybridized carbons (Fsp3) is 0.300. The number of hydrogen-bond acceptors (Lipinski definition) is 4. The van der Waals surface area contributed by atoms with Crippen molar-refractivity contribution in [2.75, 3.05) is 0 Å². The number of rotatable bonds is 5. The van der Waals surface area contributed by atoms with Gasteiger partial charge >= 0.3 is 0 Å². The summed E-state index contributed by atoms with van der Waals surface area (Å²) in [5.74, 6) is -0.326. The summed E-state index contributed by atoms with van der Waals surface area (Å²) in [4.78, 5) is 25.1. The number of fused-ring (bicyclic) bond motifs is 1. The van der Waals surface area contributed by atoms with Crippen LogP contribution in [-0.2, 0) is 26.6 Å². The minimum Gasteiger partial charge on any atom is -0.348 e. The van der Waals surface area contributed by atoms with E-state index in [-0.39, 0.29) is 17.9 Å². The van der Waals surface area contributed by atoms with E-state index in [1.807, 2.05) is 37.3 Å². The van der Waals surface area contributed by atoms with Gasteiger partial charge in [0.05, 0.1) is 35.7 Å². The zero-order chi connectivity index (χ0) is 19.7. The summed E-state index contributed by atoms with van der Waals surface area (Å²) < 4.78 is 3.36. The summed E-state index contributed by atoms with van der Waals surface area (Å²) in [7, 11) is 1.75. The highest BCUT2D eigenvalue weighted by molar-refractivity contribution is 5.95. The van der Waals surface area contributed by atoms with Gasteiger partial charge in [0, 0.05) is 20.0 Å². The predicted octanol–water partition coefficient (Wildman–Crippen LogP) is 1.21. The van der Waals surface area contributed by atoms with E-state index in [0.717, 1.165) is 17.0 Å². The monoisotopic (exact) mass is 378 g/mol. The van der Waals surface area contributed by atoms with Crippen molar-refractivity contribution in [3.8, 4) is 0 Å². The Morgan fingerprint density at radius 1 is 1.21 bits per heavy atom. The molecule has 1 atom stereocenters. The number of nitrogens with zero attached hydrogens (tertiary/aromatic N) is 4. The number of hydrogen-bond donors (Lipinski definition) is 2. The van der Waals surface area contributed by atoms with Crippen LogP contribution in [0.15, 0.2) is 42.6 Å². The maximum atomic E-state index is 12.6. The van der Waals surface area contributed by atoms with E-state index in [0.29, 0.717) is 30.8 Å². The molecule has 3 aromatic rings. The number of amides is 2. The van der Waals surface area contributed by atoms with Crippen LogP contribution >= 0.6 is 0 Å². The molecule has 4 rings (SSSR count). The highest BCUT2D eigenvalue weighted by atomic mass is 16.2. The Bertz CT molecular complexity index is 1020. The smallest absolute Gasteiger partial charge is 0.269 e. The van der Waals surface area contributed by atoms with Crippen molar-refractivity contribution in [1.82, 2.24) is 30.2 Å². The second-order valence-electron chi connectivity index (χ2n) is 7.02. The fourth-order valence-corrected chi connectivity index (χ4v) is 3.53. The highest BCUT2D eigenvalue weighted by Gasteiger charge is 2.29. The van der Waals surface area contributed by atoms with Crippen LogP contribution in [0.5, 0.6) is 0 Å². The molecule has 2 aromatic heterocycles.